The van der Waals surface area contributed by atoms with Crippen molar-refractivity contribution < 1.29 is 14.3 Å². The lowest BCUT2D eigenvalue weighted by atomic mass is 10.1. The molecule has 0 saturated heterocycles. The van der Waals surface area contributed by atoms with Gasteiger partial charge in [-0.1, -0.05) is 17.8 Å². The van der Waals surface area contributed by atoms with Crippen LogP contribution < -0.4 is 4.90 Å². The predicted molar refractivity (Wildman–Crippen MR) is 123 cm³/mol. The number of rotatable bonds is 7. The van der Waals surface area contributed by atoms with Crippen molar-refractivity contribution in [3.05, 3.63) is 59.4 Å². The standard InChI is InChI=1S/C23H25N5O3S/c1-5-31-23(29)15(2)10-18-16(3)26-13-27(18)12-17-6-7-20-19(11-17)28(14-30-4)21-22(32-20)25-9-8-24-21/h6-11,13H,5,12,14H2,1-4H3/b15-10+. The van der Waals surface area contributed by atoms with Gasteiger partial charge >= 0.3 is 5.97 Å². The Bertz CT molecular complexity index is 1170. The number of methoxy groups -OCH3 is 1. The molecule has 32 heavy (non-hydrogen) atoms. The maximum Gasteiger partial charge on any atom is 0.333 e. The molecule has 0 radical (unpaired) electrons. The molecule has 4 rings (SSSR count). The number of ether oxygens (including phenoxy) is 2. The van der Waals surface area contributed by atoms with E-state index in [0.717, 1.165) is 38.4 Å². The third-order valence-electron chi connectivity index (χ3n) is 5.06. The minimum Gasteiger partial charge on any atom is -0.463 e. The third-order valence-corrected chi connectivity index (χ3v) is 6.10. The number of esters is 1. The lowest BCUT2D eigenvalue weighted by Crippen LogP contribution is -2.24. The van der Waals surface area contributed by atoms with E-state index in [9.17, 15) is 4.79 Å². The molecular weight excluding hydrogens is 426 g/mol. The molecule has 9 heteroatoms. The Balaban J connectivity index is 1.65. The second-order valence-corrected chi connectivity index (χ2v) is 8.36. The first kappa shape index (κ1) is 22.0. The van der Waals surface area contributed by atoms with Crippen molar-refractivity contribution in [3.8, 4) is 0 Å². The summed E-state index contributed by atoms with van der Waals surface area (Å²) in [4.78, 5) is 28.6. The third kappa shape index (κ3) is 4.39. The average molecular weight is 452 g/mol. The van der Waals surface area contributed by atoms with Gasteiger partial charge in [0.2, 0.25) is 0 Å². The Morgan fingerprint density at radius 2 is 2.03 bits per heavy atom. The van der Waals surface area contributed by atoms with Gasteiger partial charge in [0, 0.05) is 36.5 Å². The number of carbonyl (C=O) groups excluding carboxylic acids is 1. The summed E-state index contributed by atoms with van der Waals surface area (Å²) in [6.07, 6.45) is 7.01. The van der Waals surface area contributed by atoms with Crippen molar-refractivity contribution in [2.24, 2.45) is 0 Å². The van der Waals surface area contributed by atoms with Crippen LogP contribution >= 0.6 is 11.8 Å². The van der Waals surface area contributed by atoms with Gasteiger partial charge in [0.25, 0.3) is 0 Å². The number of anilines is 2. The summed E-state index contributed by atoms with van der Waals surface area (Å²) in [5.41, 5.74) is 4.40. The summed E-state index contributed by atoms with van der Waals surface area (Å²) < 4.78 is 12.6. The van der Waals surface area contributed by atoms with Crippen molar-refractivity contribution >= 4 is 35.3 Å². The number of imidazole rings is 1. The highest BCUT2D eigenvalue weighted by molar-refractivity contribution is 7.99. The molecule has 0 fully saturated rings. The minimum atomic E-state index is -0.319. The molecule has 3 aromatic rings. The molecule has 8 nitrogen and oxygen atoms in total. The normalized spacial score (nSPS) is 13.0. The first-order valence-electron chi connectivity index (χ1n) is 10.3. The maximum atomic E-state index is 12.1. The minimum absolute atomic E-state index is 0.319. The van der Waals surface area contributed by atoms with Crippen LogP contribution in [-0.4, -0.2) is 45.9 Å². The Morgan fingerprint density at radius 1 is 1.22 bits per heavy atom. The maximum absolute atomic E-state index is 12.1. The zero-order valence-electron chi connectivity index (χ0n) is 18.5. The van der Waals surface area contributed by atoms with Gasteiger partial charge in [-0.25, -0.2) is 19.7 Å². The van der Waals surface area contributed by atoms with E-state index in [1.807, 2.05) is 22.5 Å². The van der Waals surface area contributed by atoms with Gasteiger partial charge in [-0.05, 0) is 44.5 Å². The second kappa shape index (κ2) is 9.54. The summed E-state index contributed by atoms with van der Waals surface area (Å²) in [6.45, 7) is 6.81. The van der Waals surface area contributed by atoms with Gasteiger partial charge in [-0.15, -0.1) is 0 Å². The first-order chi connectivity index (χ1) is 15.5. The van der Waals surface area contributed by atoms with Crippen LogP contribution in [0.25, 0.3) is 6.08 Å². The molecule has 1 aliphatic heterocycles. The van der Waals surface area contributed by atoms with Gasteiger partial charge in [-0.3, -0.25) is 4.90 Å². The zero-order valence-corrected chi connectivity index (χ0v) is 19.3. The predicted octanol–water partition coefficient (Wildman–Crippen LogP) is 4.20. The number of fused-ring (bicyclic) bond motifs is 2. The fourth-order valence-electron chi connectivity index (χ4n) is 3.52. The monoisotopic (exact) mass is 451 g/mol. The average Bonchev–Trinajstić information content (AvgIpc) is 3.13. The molecule has 0 atom stereocenters. The van der Waals surface area contributed by atoms with E-state index in [0.29, 0.717) is 25.5 Å². The molecule has 3 heterocycles. The smallest absolute Gasteiger partial charge is 0.333 e. The number of aromatic nitrogens is 4. The van der Waals surface area contributed by atoms with Gasteiger partial charge < -0.3 is 14.0 Å². The van der Waals surface area contributed by atoms with Gasteiger partial charge in [-0.2, -0.15) is 0 Å². The van der Waals surface area contributed by atoms with Crippen molar-refractivity contribution in [3.63, 3.8) is 0 Å². The van der Waals surface area contributed by atoms with Crippen LogP contribution in [0.4, 0.5) is 11.5 Å². The molecule has 0 bridgehead atoms. The van der Waals surface area contributed by atoms with E-state index >= 15 is 0 Å². The SMILES string of the molecule is CCOC(=O)/C(C)=C/c1c(C)ncn1Cc1ccc2c(c1)N(COC)c1nccnc1S2. The van der Waals surface area contributed by atoms with E-state index in [1.165, 1.54) is 0 Å². The van der Waals surface area contributed by atoms with Crippen molar-refractivity contribution in [1.82, 2.24) is 19.5 Å². The summed E-state index contributed by atoms with van der Waals surface area (Å²) >= 11 is 1.60. The second-order valence-electron chi connectivity index (χ2n) is 7.33. The summed E-state index contributed by atoms with van der Waals surface area (Å²) in [7, 11) is 1.67. The van der Waals surface area contributed by atoms with Crippen LogP contribution in [0, 0.1) is 6.92 Å². The molecule has 0 aliphatic carbocycles. The van der Waals surface area contributed by atoms with Crippen LogP contribution in [0.3, 0.4) is 0 Å². The molecule has 1 aliphatic rings. The van der Waals surface area contributed by atoms with Gasteiger partial charge in [0.1, 0.15) is 11.8 Å². The lowest BCUT2D eigenvalue weighted by Gasteiger charge is -2.30. The molecule has 166 valence electrons. The molecule has 0 N–H and O–H groups in total. The number of nitrogens with zero attached hydrogens (tertiary/aromatic N) is 5. The summed E-state index contributed by atoms with van der Waals surface area (Å²) in [6, 6.07) is 6.33. The lowest BCUT2D eigenvalue weighted by molar-refractivity contribution is -0.138. The van der Waals surface area contributed by atoms with Crippen LogP contribution in [-0.2, 0) is 20.8 Å². The van der Waals surface area contributed by atoms with Crippen molar-refractivity contribution in [2.75, 3.05) is 25.3 Å². The van der Waals surface area contributed by atoms with Crippen LogP contribution in [0.15, 0.2) is 52.4 Å². The van der Waals surface area contributed by atoms with Crippen LogP contribution in [0.1, 0.15) is 30.8 Å². The fourth-order valence-corrected chi connectivity index (χ4v) is 4.51. The zero-order chi connectivity index (χ0) is 22.7. The first-order valence-corrected chi connectivity index (χ1v) is 11.1. The number of hydrogen-bond donors (Lipinski definition) is 0. The number of hydrogen-bond acceptors (Lipinski definition) is 8. The molecule has 1 aromatic carbocycles. The highest BCUT2D eigenvalue weighted by Gasteiger charge is 2.26. The van der Waals surface area contributed by atoms with E-state index in [2.05, 4.69) is 33.2 Å². The molecule has 0 amide bonds. The van der Waals surface area contributed by atoms with Crippen molar-refractivity contribution in [2.45, 2.75) is 37.2 Å². The van der Waals surface area contributed by atoms with Crippen LogP contribution in [0.2, 0.25) is 0 Å². The Labute approximate surface area is 191 Å². The van der Waals surface area contributed by atoms with E-state index in [1.54, 1.807) is 51.4 Å². The van der Waals surface area contributed by atoms with Gasteiger partial charge in [0.05, 0.1) is 30.0 Å². The molecule has 0 spiro atoms. The van der Waals surface area contributed by atoms with Gasteiger partial charge in [0.15, 0.2) is 5.82 Å². The summed E-state index contributed by atoms with van der Waals surface area (Å²) in [5.74, 6) is 0.469. The number of aryl methyl sites for hydroxylation is 1. The number of carbonyl (C=O) groups is 1. The molecular formula is C23H25N5O3S. The largest absolute Gasteiger partial charge is 0.463 e. The quantitative estimate of drug-likeness (QED) is 0.390. The topological polar surface area (TPSA) is 82.4 Å². The van der Waals surface area contributed by atoms with E-state index < -0.39 is 0 Å². The Morgan fingerprint density at radius 3 is 2.81 bits per heavy atom. The molecule has 0 unspecified atom stereocenters. The van der Waals surface area contributed by atoms with E-state index in [4.69, 9.17) is 9.47 Å². The van der Waals surface area contributed by atoms with E-state index in [-0.39, 0.29) is 5.97 Å². The molecule has 2 aromatic heterocycles. The highest BCUT2D eigenvalue weighted by Crippen LogP contribution is 2.46. The molecule has 0 saturated carbocycles. The Kier molecular flexibility index (Phi) is 6.57. The highest BCUT2D eigenvalue weighted by atomic mass is 32.2. The summed E-state index contributed by atoms with van der Waals surface area (Å²) in [5, 5.41) is 0.858. The Hall–Kier alpha value is -3.17. The van der Waals surface area contributed by atoms with Crippen molar-refractivity contribution in [1.29, 1.82) is 0 Å². The number of benzene rings is 1. The fraction of sp³-hybridized carbons (Fsp3) is 0.304. The van der Waals surface area contributed by atoms with Crippen LogP contribution in [0.5, 0.6) is 0 Å².